The second-order valence-electron chi connectivity index (χ2n) is 3.59. The van der Waals surface area contributed by atoms with Gasteiger partial charge in [0.15, 0.2) is 0 Å². The van der Waals surface area contributed by atoms with Crippen molar-refractivity contribution in [2.24, 2.45) is 0 Å². The first-order valence-corrected chi connectivity index (χ1v) is 6.03. The fourth-order valence-electron chi connectivity index (χ4n) is 1.46. The van der Waals surface area contributed by atoms with Gasteiger partial charge < -0.3 is 4.74 Å². The van der Waals surface area contributed by atoms with Gasteiger partial charge in [-0.3, -0.25) is 4.79 Å². The molecule has 0 spiro atoms. The Morgan fingerprint density at radius 1 is 0.941 bits per heavy atom. The van der Waals surface area contributed by atoms with Gasteiger partial charge >= 0.3 is 0 Å². The molecule has 0 saturated heterocycles. The van der Waals surface area contributed by atoms with Crippen LogP contribution in [0.1, 0.15) is 5.56 Å². The zero-order valence-corrected chi connectivity index (χ0v) is 10.7. The van der Waals surface area contributed by atoms with Gasteiger partial charge in [-0.15, -0.1) is 0 Å². The van der Waals surface area contributed by atoms with Gasteiger partial charge in [0.25, 0.3) is 0 Å². The SMILES string of the molecule is O=C(Br)Cc1ccc(Oc2ccccc2)cc1. The van der Waals surface area contributed by atoms with E-state index in [1.807, 2.05) is 54.6 Å². The Hall–Kier alpha value is -1.61. The Balaban J connectivity index is 2.06. The van der Waals surface area contributed by atoms with E-state index in [2.05, 4.69) is 15.9 Å². The Bertz CT molecular complexity index is 491. The molecule has 0 aliphatic heterocycles. The highest BCUT2D eigenvalue weighted by Crippen LogP contribution is 2.21. The summed E-state index contributed by atoms with van der Waals surface area (Å²) >= 11 is 2.91. The van der Waals surface area contributed by atoms with E-state index in [9.17, 15) is 4.79 Å². The summed E-state index contributed by atoms with van der Waals surface area (Å²) in [5.74, 6) is 1.57. The minimum absolute atomic E-state index is 0.0192. The van der Waals surface area contributed by atoms with Crippen LogP contribution in [0.3, 0.4) is 0 Å². The molecule has 17 heavy (non-hydrogen) atoms. The number of ether oxygens (including phenoxy) is 1. The predicted octanol–water partition coefficient (Wildman–Crippen LogP) is 3.94. The van der Waals surface area contributed by atoms with Gasteiger partial charge in [-0.25, -0.2) is 0 Å². The maximum atomic E-state index is 10.9. The first kappa shape index (κ1) is 11.9. The third kappa shape index (κ3) is 3.71. The number of halogens is 1. The number of para-hydroxylation sites is 1. The fourth-order valence-corrected chi connectivity index (χ4v) is 1.78. The topological polar surface area (TPSA) is 26.3 Å². The second kappa shape index (κ2) is 5.64. The van der Waals surface area contributed by atoms with Gasteiger partial charge in [-0.2, -0.15) is 0 Å². The van der Waals surface area contributed by atoms with Crippen molar-refractivity contribution in [1.82, 2.24) is 0 Å². The molecule has 0 fully saturated rings. The summed E-state index contributed by atoms with van der Waals surface area (Å²) in [5.41, 5.74) is 0.965. The molecule has 0 unspecified atom stereocenters. The summed E-state index contributed by atoms with van der Waals surface area (Å²) < 4.78 is 5.62. The Kier molecular flexibility index (Phi) is 3.94. The molecule has 3 heteroatoms. The van der Waals surface area contributed by atoms with Gasteiger partial charge in [0.05, 0.1) is 0 Å². The van der Waals surface area contributed by atoms with Crippen molar-refractivity contribution in [2.45, 2.75) is 6.42 Å². The van der Waals surface area contributed by atoms with E-state index in [0.29, 0.717) is 6.42 Å². The van der Waals surface area contributed by atoms with E-state index in [4.69, 9.17) is 4.74 Å². The minimum Gasteiger partial charge on any atom is -0.457 e. The molecule has 0 aliphatic rings. The molecule has 0 aliphatic carbocycles. The van der Waals surface area contributed by atoms with Crippen LogP contribution in [0.25, 0.3) is 0 Å². The zero-order valence-electron chi connectivity index (χ0n) is 9.10. The van der Waals surface area contributed by atoms with Crippen LogP contribution in [0.4, 0.5) is 0 Å². The van der Waals surface area contributed by atoms with E-state index < -0.39 is 0 Å². The van der Waals surface area contributed by atoms with Crippen molar-refractivity contribution < 1.29 is 9.53 Å². The monoisotopic (exact) mass is 290 g/mol. The molecule has 0 aromatic heterocycles. The Morgan fingerprint density at radius 3 is 2.12 bits per heavy atom. The highest BCUT2D eigenvalue weighted by molar-refractivity contribution is 9.18. The van der Waals surface area contributed by atoms with Crippen LogP contribution >= 0.6 is 15.9 Å². The van der Waals surface area contributed by atoms with E-state index in [0.717, 1.165) is 17.1 Å². The van der Waals surface area contributed by atoms with Crippen LogP contribution in [0.2, 0.25) is 0 Å². The lowest BCUT2D eigenvalue weighted by atomic mass is 10.2. The van der Waals surface area contributed by atoms with Gasteiger partial charge in [0, 0.05) is 6.42 Å². The second-order valence-corrected chi connectivity index (χ2v) is 4.48. The van der Waals surface area contributed by atoms with E-state index in [1.165, 1.54) is 0 Å². The fraction of sp³-hybridized carbons (Fsp3) is 0.0714. The van der Waals surface area contributed by atoms with Crippen molar-refractivity contribution in [2.75, 3.05) is 0 Å². The number of carbonyl (C=O) groups excluding carboxylic acids is 1. The summed E-state index contributed by atoms with van der Waals surface area (Å²) in [6.07, 6.45) is 0.394. The number of hydrogen-bond donors (Lipinski definition) is 0. The Morgan fingerprint density at radius 2 is 1.53 bits per heavy atom. The highest BCUT2D eigenvalue weighted by atomic mass is 79.9. The largest absolute Gasteiger partial charge is 0.457 e. The minimum atomic E-state index is -0.0192. The van der Waals surface area contributed by atoms with E-state index in [-0.39, 0.29) is 4.69 Å². The molecule has 0 amide bonds. The van der Waals surface area contributed by atoms with Crippen LogP contribution in [0, 0.1) is 0 Å². The average molecular weight is 291 g/mol. The average Bonchev–Trinajstić information content (AvgIpc) is 2.32. The van der Waals surface area contributed by atoms with Gasteiger partial charge in [-0.1, -0.05) is 30.3 Å². The number of carbonyl (C=O) groups is 1. The standard InChI is InChI=1S/C14H11BrO2/c15-14(16)10-11-6-8-13(9-7-11)17-12-4-2-1-3-5-12/h1-9H,10H2. The zero-order chi connectivity index (χ0) is 12.1. The molecule has 0 atom stereocenters. The number of rotatable bonds is 4. The van der Waals surface area contributed by atoms with Crippen molar-refractivity contribution in [3.05, 3.63) is 60.2 Å². The predicted molar refractivity (Wildman–Crippen MR) is 70.6 cm³/mol. The smallest absolute Gasteiger partial charge is 0.202 e. The molecule has 0 bridgehead atoms. The molecule has 2 aromatic carbocycles. The molecule has 0 N–H and O–H groups in total. The summed E-state index contributed by atoms with van der Waals surface area (Å²) in [5, 5.41) is 0. The summed E-state index contributed by atoms with van der Waals surface area (Å²) in [4.78, 5) is 10.9. The number of hydrogen-bond acceptors (Lipinski definition) is 2. The van der Waals surface area contributed by atoms with Crippen LogP contribution in [-0.2, 0) is 11.2 Å². The van der Waals surface area contributed by atoms with Gasteiger partial charge in [0.1, 0.15) is 11.5 Å². The summed E-state index contributed by atoms with van der Waals surface area (Å²) in [7, 11) is 0. The maximum Gasteiger partial charge on any atom is 0.202 e. The maximum absolute atomic E-state index is 10.9. The molecular weight excluding hydrogens is 280 g/mol. The molecular formula is C14H11BrO2. The third-order valence-corrected chi connectivity index (χ3v) is 2.53. The molecule has 2 rings (SSSR count). The van der Waals surface area contributed by atoms with Crippen LogP contribution < -0.4 is 4.74 Å². The van der Waals surface area contributed by atoms with E-state index >= 15 is 0 Å². The normalized spacial score (nSPS) is 9.94. The first-order valence-electron chi connectivity index (χ1n) is 5.24. The highest BCUT2D eigenvalue weighted by Gasteiger charge is 2.00. The van der Waals surface area contributed by atoms with Crippen molar-refractivity contribution >= 4 is 20.6 Å². The van der Waals surface area contributed by atoms with Crippen molar-refractivity contribution in [1.29, 1.82) is 0 Å². The lowest BCUT2D eigenvalue weighted by molar-refractivity contribution is -0.109. The third-order valence-electron chi connectivity index (χ3n) is 2.25. The molecule has 86 valence electrons. The van der Waals surface area contributed by atoms with Gasteiger partial charge in [-0.05, 0) is 45.8 Å². The molecule has 2 nitrogen and oxygen atoms in total. The molecule has 0 saturated carbocycles. The van der Waals surface area contributed by atoms with Crippen LogP contribution in [0.5, 0.6) is 11.5 Å². The Labute approximate surface area is 108 Å². The number of benzene rings is 2. The van der Waals surface area contributed by atoms with Gasteiger partial charge in [0.2, 0.25) is 4.69 Å². The van der Waals surface area contributed by atoms with Crippen LogP contribution in [-0.4, -0.2) is 4.69 Å². The molecule has 0 radical (unpaired) electrons. The van der Waals surface area contributed by atoms with Crippen LogP contribution in [0.15, 0.2) is 54.6 Å². The molecule has 2 aromatic rings. The molecule has 0 heterocycles. The first-order chi connectivity index (χ1) is 8.24. The van der Waals surface area contributed by atoms with E-state index in [1.54, 1.807) is 0 Å². The summed E-state index contributed by atoms with van der Waals surface area (Å²) in [6.45, 7) is 0. The van der Waals surface area contributed by atoms with Crippen molar-refractivity contribution in [3.63, 3.8) is 0 Å². The lowest BCUT2D eigenvalue weighted by Gasteiger charge is -2.05. The quantitative estimate of drug-likeness (QED) is 0.797. The van der Waals surface area contributed by atoms with Crippen molar-refractivity contribution in [3.8, 4) is 11.5 Å². The lowest BCUT2D eigenvalue weighted by Crippen LogP contribution is -1.92. The summed E-state index contributed by atoms with van der Waals surface area (Å²) in [6, 6.07) is 17.1.